The zero-order chi connectivity index (χ0) is 19.5. The summed E-state index contributed by atoms with van der Waals surface area (Å²) in [5, 5.41) is 2.91. The van der Waals surface area contributed by atoms with Gasteiger partial charge in [-0.3, -0.25) is 4.79 Å². The Morgan fingerprint density at radius 2 is 1.79 bits per heavy atom. The van der Waals surface area contributed by atoms with Crippen LogP contribution in [0.3, 0.4) is 0 Å². The lowest BCUT2D eigenvalue weighted by atomic mass is 10.2. The van der Waals surface area contributed by atoms with Crippen molar-refractivity contribution in [3.05, 3.63) is 72.5 Å². The molecule has 0 saturated carbocycles. The standard InChI is InChI=1S/C23H25N3O2/c1-25(2)20-14-15-26(16-20)19-10-8-18(9-11-19)24-23(27)22-13-12-21(28-22)17-6-4-3-5-7-17/h3-13,20H,14-16H2,1-2H3,(H,24,27). The Hall–Kier alpha value is -3.05. The summed E-state index contributed by atoms with van der Waals surface area (Å²) in [5.74, 6) is 0.741. The van der Waals surface area contributed by atoms with Gasteiger partial charge in [0.2, 0.25) is 0 Å². The van der Waals surface area contributed by atoms with Gasteiger partial charge in [0.25, 0.3) is 5.91 Å². The first kappa shape index (κ1) is 18.3. The topological polar surface area (TPSA) is 48.7 Å². The van der Waals surface area contributed by atoms with E-state index in [2.05, 4.69) is 41.3 Å². The minimum absolute atomic E-state index is 0.247. The third kappa shape index (κ3) is 3.94. The van der Waals surface area contributed by atoms with E-state index in [9.17, 15) is 4.79 Å². The predicted octanol–water partition coefficient (Wildman–Crippen LogP) is 4.34. The summed E-state index contributed by atoms with van der Waals surface area (Å²) < 4.78 is 5.72. The molecule has 1 aromatic heterocycles. The Balaban J connectivity index is 1.39. The molecule has 2 heterocycles. The van der Waals surface area contributed by atoms with E-state index in [1.807, 2.05) is 48.5 Å². The summed E-state index contributed by atoms with van der Waals surface area (Å²) >= 11 is 0. The number of anilines is 2. The number of rotatable bonds is 5. The Labute approximate surface area is 165 Å². The number of carbonyl (C=O) groups excluding carboxylic acids is 1. The Morgan fingerprint density at radius 1 is 1.04 bits per heavy atom. The molecule has 1 aliphatic rings. The number of carbonyl (C=O) groups is 1. The van der Waals surface area contributed by atoms with Crippen LogP contribution in [0.4, 0.5) is 11.4 Å². The highest BCUT2D eigenvalue weighted by Crippen LogP contribution is 2.25. The van der Waals surface area contributed by atoms with Gasteiger partial charge in [-0.25, -0.2) is 0 Å². The van der Waals surface area contributed by atoms with Crippen LogP contribution < -0.4 is 10.2 Å². The first-order valence-electron chi connectivity index (χ1n) is 9.58. The maximum atomic E-state index is 12.5. The summed E-state index contributed by atoms with van der Waals surface area (Å²) in [6.07, 6.45) is 1.17. The third-order valence-corrected chi connectivity index (χ3v) is 5.27. The van der Waals surface area contributed by atoms with Crippen LogP contribution in [-0.2, 0) is 0 Å². The Morgan fingerprint density at radius 3 is 2.46 bits per heavy atom. The maximum Gasteiger partial charge on any atom is 0.291 e. The monoisotopic (exact) mass is 375 g/mol. The van der Waals surface area contributed by atoms with E-state index >= 15 is 0 Å². The Bertz CT molecular complexity index is 932. The van der Waals surface area contributed by atoms with Gasteiger partial charge in [-0.1, -0.05) is 30.3 Å². The molecule has 1 saturated heterocycles. The highest BCUT2D eigenvalue weighted by atomic mass is 16.3. The van der Waals surface area contributed by atoms with Gasteiger partial charge in [0.05, 0.1) is 0 Å². The average Bonchev–Trinajstić information content (AvgIpc) is 3.39. The van der Waals surface area contributed by atoms with Crippen molar-refractivity contribution in [2.24, 2.45) is 0 Å². The van der Waals surface area contributed by atoms with Gasteiger partial charge in [0.15, 0.2) is 5.76 Å². The van der Waals surface area contributed by atoms with E-state index in [0.717, 1.165) is 24.3 Å². The molecule has 5 nitrogen and oxygen atoms in total. The molecule has 1 aliphatic heterocycles. The molecular formula is C23H25N3O2. The molecule has 1 atom stereocenters. The third-order valence-electron chi connectivity index (χ3n) is 5.27. The molecule has 1 fully saturated rings. The van der Waals surface area contributed by atoms with E-state index in [4.69, 9.17) is 4.42 Å². The molecule has 4 rings (SSSR count). The fourth-order valence-corrected chi connectivity index (χ4v) is 3.56. The van der Waals surface area contributed by atoms with Crippen LogP contribution in [0, 0.1) is 0 Å². The largest absolute Gasteiger partial charge is 0.451 e. The van der Waals surface area contributed by atoms with Crippen LogP contribution in [-0.4, -0.2) is 44.0 Å². The second-order valence-corrected chi connectivity index (χ2v) is 7.38. The summed E-state index contributed by atoms with van der Waals surface area (Å²) in [6.45, 7) is 2.09. The SMILES string of the molecule is CN(C)C1CCN(c2ccc(NC(=O)c3ccc(-c4ccccc4)o3)cc2)C1. The van der Waals surface area contributed by atoms with Crippen LogP contribution in [0.25, 0.3) is 11.3 Å². The van der Waals surface area contributed by atoms with Crippen molar-refractivity contribution in [2.45, 2.75) is 12.5 Å². The lowest BCUT2D eigenvalue weighted by Crippen LogP contribution is -2.31. The van der Waals surface area contributed by atoms with Crippen molar-refractivity contribution in [2.75, 3.05) is 37.4 Å². The number of likely N-dealkylation sites (N-methyl/N-ethyl adjacent to an activating group) is 1. The number of nitrogens with one attached hydrogen (secondary N) is 1. The molecule has 1 amide bonds. The van der Waals surface area contributed by atoms with Crippen LogP contribution >= 0.6 is 0 Å². The second-order valence-electron chi connectivity index (χ2n) is 7.38. The van der Waals surface area contributed by atoms with Crippen molar-refractivity contribution in [3.63, 3.8) is 0 Å². The number of hydrogen-bond donors (Lipinski definition) is 1. The number of furan rings is 1. The minimum Gasteiger partial charge on any atom is -0.451 e. The van der Waals surface area contributed by atoms with Gasteiger partial charge >= 0.3 is 0 Å². The molecule has 5 heteroatoms. The molecule has 2 aromatic carbocycles. The minimum atomic E-state index is -0.247. The van der Waals surface area contributed by atoms with Gasteiger partial charge in [0, 0.05) is 36.1 Å². The first-order valence-corrected chi connectivity index (χ1v) is 9.58. The van der Waals surface area contributed by atoms with E-state index < -0.39 is 0 Å². The van der Waals surface area contributed by atoms with Crippen molar-refractivity contribution < 1.29 is 9.21 Å². The summed E-state index contributed by atoms with van der Waals surface area (Å²) in [7, 11) is 4.26. The van der Waals surface area contributed by atoms with Crippen molar-refractivity contribution in [3.8, 4) is 11.3 Å². The highest BCUT2D eigenvalue weighted by molar-refractivity contribution is 6.02. The van der Waals surface area contributed by atoms with Crippen LogP contribution in [0.1, 0.15) is 17.0 Å². The van der Waals surface area contributed by atoms with Gasteiger partial charge < -0.3 is 19.5 Å². The lowest BCUT2D eigenvalue weighted by molar-refractivity contribution is 0.0997. The zero-order valence-electron chi connectivity index (χ0n) is 16.3. The molecule has 0 spiro atoms. The summed E-state index contributed by atoms with van der Waals surface area (Å²) in [5.41, 5.74) is 2.90. The smallest absolute Gasteiger partial charge is 0.291 e. The summed E-state index contributed by atoms with van der Waals surface area (Å²) in [4.78, 5) is 17.2. The van der Waals surface area contributed by atoms with Crippen LogP contribution in [0.2, 0.25) is 0 Å². The fourth-order valence-electron chi connectivity index (χ4n) is 3.56. The molecule has 1 unspecified atom stereocenters. The van der Waals surface area contributed by atoms with Gasteiger partial charge in [-0.05, 0) is 56.9 Å². The predicted molar refractivity (Wildman–Crippen MR) is 113 cm³/mol. The molecule has 0 radical (unpaired) electrons. The van der Waals surface area contributed by atoms with E-state index in [0.29, 0.717) is 17.6 Å². The normalized spacial score (nSPS) is 16.5. The van der Waals surface area contributed by atoms with Crippen molar-refractivity contribution in [1.82, 2.24) is 4.90 Å². The fraction of sp³-hybridized carbons (Fsp3) is 0.261. The van der Waals surface area contributed by atoms with Crippen LogP contribution in [0.5, 0.6) is 0 Å². The van der Waals surface area contributed by atoms with Gasteiger partial charge in [-0.2, -0.15) is 0 Å². The first-order chi connectivity index (χ1) is 13.6. The highest BCUT2D eigenvalue weighted by Gasteiger charge is 2.24. The lowest BCUT2D eigenvalue weighted by Gasteiger charge is -2.22. The molecular weight excluding hydrogens is 350 g/mol. The maximum absolute atomic E-state index is 12.5. The van der Waals surface area contributed by atoms with Gasteiger partial charge in [-0.15, -0.1) is 0 Å². The second kappa shape index (κ2) is 7.90. The van der Waals surface area contributed by atoms with E-state index in [-0.39, 0.29) is 5.91 Å². The van der Waals surface area contributed by atoms with E-state index in [1.165, 1.54) is 12.1 Å². The number of benzene rings is 2. The number of nitrogens with zero attached hydrogens (tertiary/aromatic N) is 2. The van der Waals surface area contributed by atoms with E-state index in [1.54, 1.807) is 6.07 Å². The number of amides is 1. The Kier molecular flexibility index (Phi) is 5.17. The molecule has 144 valence electrons. The molecule has 1 N–H and O–H groups in total. The zero-order valence-corrected chi connectivity index (χ0v) is 16.3. The van der Waals surface area contributed by atoms with Crippen LogP contribution in [0.15, 0.2) is 71.1 Å². The molecule has 28 heavy (non-hydrogen) atoms. The number of hydrogen-bond acceptors (Lipinski definition) is 4. The molecule has 3 aromatic rings. The quantitative estimate of drug-likeness (QED) is 0.721. The molecule has 0 aliphatic carbocycles. The summed E-state index contributed by atoms with van der Waals surface area (Å²) in [6, 6.07) is 21.9. The van der Waals surface area contributed by atoms with Crippen molar-refractivity contribution >= 4 is 17.3 Å². The van der Waals surface area contributed by atoms with Crippen molar-refractivity contribution in [1.29, 1.82) is 0 Å². The van der Waals surface area contributed by atoms with Gasteiger partial charge in [0.1, 0.15) is 5.76 Å². The average molecular weight is 375 g/mol. The molecule has 0 bridgehead atoms.